The molecule has 180 valence electrons. The average molecular weight is 508 g/mol. The maximum atomic E-state index is 12.5. The van der Waals surface area contributed by atoms with E-state index in [2.05, 4.69) is 19.4 Å². The van der Waals surface area contributed by atoms with Gasteiger partial charge in [0, 0.05) is 22.6 Å². The largest absolute Gasteiger partial charge is 0.441 e. The summed E-state index contributed by atoms with van der Waals surface area (Å²) in [5, 5.41) is 6.99. The second-order valence-electron chi connectivity index (χ2n) is 7.11. The molecule has 10 nitrogen and oxygen atoms in total. The topological polar surface area (TPSA) is 137 Å². The summed E-state index contributed by atoms with van der Waals surface area (Å²) >= 11 is 6.16. The SMILES string of the molecule is CCC(=O)OS(=O)(=O)Nc1ccc(-c2onc(C)c2NC(=O)OC(C)c2ccccc2Cl)cc1. The van der Waals surface area contributed by atoms with Crippen molar-refractivity contribution in [1.82, 2.24) is 5.16 Å². The molecule has 3 aromatic rings. The molecule has 1 unspecified atom stereocenters. The number of anilines is 2. The smallest absolute Gasteiger partial charge is 0.412 e. The van der Waals surface area contributed by atoms with E-state index >= 15 is 0 Å². The Labute approximate surface area is 201 Å². The van der Waals surface area contributed by atoms with Gasteiger partial charge in [0.1, 0.15) is 17.5 Å². The van der Waals surface area contributed by atoms with Gasteiger partial charge in [-0.15, -0.1) is 0 Å². The molecule has 0 spiro atoms. The second kappa shape index (κ2) is 10.6. The molecule has 1 amide bonds. The molecule has 2 aromatic carbocycles. The molecular weight excluding hydrogens is 486 g/mol. The van der Waals surface area contributed by atoms with Crippen LogP contribution in [0.1, 0.15) is 37.6 Å². The number of halogens is 1. The van der Waals surface area contributed by atoms with Crippen molar-refractivity contribution in [3.8, 4) is 11.3 Å². The van der Waals surface area contributed by atoms with E-state index < -0.39 is 28.5 Å². The first-order valence-corrected chi connectivity index (χ1v) is 11.9. The molecule has 0 aliphatic carbocycles. The van der Waals surface area contributed by atoms with Crippen LogP contribution in [0.25, 0.3) is 11.3 Å². The number of nitrogens with zero attached hydrogens (tertiary/aromatic N) is 1. The zero-order chi connectivity index (χ0) is 24.9. The maximum Gasteiger partial charge on any atom is 0.412 e. The molecule has 0 bridgehead atoms. The van der Waals surface area contributed by atoms with Gasteiger partial charge >= 0.3 is 22.4 Å². The van der Waals surface area contributed by atoms with Crippen molar-refractivity contribution >= 4 is 45.3 Å². The van der Waals surface area contributed by atoms with Gasteiger partial charge in [-0.05, 0) is 44.2 Å². The molecule has 0 saturated heterocycles. The van der Waals surface area contributed by atoms with Crippen molar-refractivity contribution in [3.63, 3.8) is 0 Å². The summed E-state index contributed by atoms with van der Waals surface area (Å²) in [6.45, 7) is 4.81. The van der Waals surface area contributed by atoms with Crippen LogP contribution in [-0.2, 0) is 24.0 Å². The minimum absolute atomic E-state index is 0.0833. The van der Waals surface area contributed by atoms with Gasteiger partial charge in [0.25, 0.3) is 0 Å². The zero-order valence-electron chi connectivity index (χ0n) is 18.5. The van der Waals surface area contributed by atoms with E-state index in [9.17, 15) is 18.0 Å². The van der Waals surface area contributed by atoms with E-state index in [1.54, 1.807) is 50.2 Å². The Morgan fingerprint density at radius 1 is 1.15 bits per heavy atom. The molecule has 1 heterocycles. The summed E-state index contributed by atoms with van der Waals surface area (Å²) in [5.41, 5.74) is 2.02. The Bertz CT molecular complexity index is 1290. The van der Waals surface area contributed by atoms with Gasteiger partial charge in [0.05, 0.1) is 5.69 Å². The van der Waals surface area contributed by atoms with Gasteiger partial charge in [0.15, 0.2) is 5.76 Å². The highest BCUT2D eigenvalue weighted by Gasteiger charge is 2.21. The summed E-state index contributed by atoms with van der Waals surface area (Å²) in [4.78, 5) is 23.7. The third kappa shape index (κ3) is 6.27. The van der Waals surface area contributed by atoms with E-state index in [4.69, 9.17) is 20.9 Å². The third-order valence-electron chi connectivity index (χ3n) is 4.60. The molecule has 0 aliphatic heterocycles. The highest BCUT2D eigenvalue weighted by molar-refractivity contribution is 7.88. The van der Waals surface area contributed by atoms with E-state index in [-0.39, 0.29) is 17.9 Å². The van der Waals surface area contributed by atoms with Crippen molar-refractivity contribution < 1.29 is 31.4 Å². The number of benzene rings is 2. The molecular formula is C22H22ClN3O7S. The van der Waals surface area contributed by atoms with Crippen LogP contribution in [0.5, 0.6) is 0 Å². The number of aryl methyl sites for hydroxylation is 1. The van der Waals surface area contributed by atoms with Crippen molar-refractivity contribution in [2.75, 3.05) is 10.0 Å². The van der Waals surface area contributed by atoms with E-state index in [0.29, 0.717) is 27.5 Å². The number of carbonyl (C=O) groups excluding carboxylic acids is 2. The first kappa shape index (κ1) is 25.1. The third-order valence-corrected chi connectivity index (χ3v) is 5.83. The molecule has 1 aromatic heterocycles. The van der Waals surface area contributed by atoms with Gasteiger partial charge in [-0.2, -0.15) is 8.42 Å². The number of aromatic nitrogens is 1. The predicted molar refractivity (Wildman–Crippen MR) is 126 cm³/mol. The molecule has 0 saturated carbocycles. The lowest BCUT2D eigenvalue weighted by Crippen LogP contribution is -2.19. The number of hydrogen-bond donors (Lipinski definition) is 2. The highest BCUT2D eigenvalue weighted by Crippen LogP contribution is 2.32. The zero-order valence-corrected chi connectivity index (χ0v) is 20.1. The fourth-order valence-corrected chi connectivity index (χ4v) is 4.03. The molecule has 1 atom stereocenters. The normalized spacial score (nSPS) is 12.0. The fraction of sp³-hybridized carbons (Fsp3) is 0.227. The standard InChI is InChI=1S/C22H22ClN3O7S/c1-4-19(27)33-34(29,30)26-16-11-9-15(10-12-16)21-20(13(2)25-32-21)24-22(28)31-14(3)17-7-5-6-8-18(17)23/h5-12,14,26H,4H2,1-3H3,(H,24,28). The molecule has 0 fully saturated rings. The lowest BCUT2D eigenvalue weighted by Gasteiger charge is -2.15. The van der Waals surface area contributed by atoms with Crippen molar-refractivity contribution in [2.24, 2.45) is 0 Å². The Balaban J connectivity index is 1.72. The summed E-state index contributed by atoms with van der Waals surface area (Å²) in [5.74, 6) is -0.639. The Morgan fingerprint density at radius 3 is 2.47 bits per heavy atom. The van der Waals surface area contributed by atoms with E-state index in [1.165, 1.54) is 19.1 Å². The van der Waals surface area contributed by atoms with Crippen LogP contribution in [-0.4, -0.2) is 25.6 Å². The van der Waals surface area contributed by atoms with E-state index in [1.807, 2.05) is 0 Å². The first-order chi connectivity index (χ1) is 16.1. The Kier molecular flexibility index (Phi) is 7.79. The predicted octanol–water partition coefficient (Wildman–Crippen LogP) is 5.22. The minimum atomic E-state index is -4.30. The van der Waals surface area contributed by atoms with Crippen LogP contribution in [0.15, 0.2) is 53.1 Å². The fourth-order valence-electron chi connectivity index (χ4n) is 2.91. The summed E-state index contributed by atoms with van der Waals surface area (Å²) in [6, 6.07) is 13.0. The molecule has 34 heavy (non-hydrogen) atoms. The Hall–Kier alpha value is -3.57. The van der Waals surface area contributed by atoms with Crippen LogP contribution in [0.4, 0.5) is 16.2 Å². The van der Waals surface area contributed by atoms with Crippen LogP contribution in [0.3, 0.4) is 0 Å². The van der Waals surface area contributed by atoms with Crippen molar-refractivity contribution in [1.29, 1.82) is 0 Å². The lowest BCUT2D eigenvalue weighted by atomic mass is 10.1. The van der Waals surface area contributed by atoms with Crippen LogP contribution >= 0.6 is 11.6 Å². The van der Waals surface area contributed by atoms with Crippen molar-refractivity contribution in [3.05, 3.63) is 64.8 Å². The Morgan fingerprint density at radius 2 is 1.82 bits per heavy atom. The molecule has 0 radical (unpaired) electrons. The number of ether oxygens (including phenoxy) is 1. The molecule has 3 rings (SSSR count). The number of carbonyl (C=O) groups is 2. The number of hydrogen-bond acceptors (Lipinski definition) is 8. The monoisotopic (exact) mass is 507 g/mol. The van der Waals surface area contributed by atoms with Crippen molar-refractivity contribution in [2.45, 2.75) is 33.3 Å². The quantitative estimate of drug-likeness (QED) is 0.423. The maximum absolute atomic E-state index is 12.5. The lowest BCUT2D eigenvalue weighted by molar-refractivity contribution is -0.133. The van der Waals surface area contributed by atoms with Gasteiger partial charge < -0.3 is 13.4 Å². The highest BCUT2D eigenvalue weighted by atomic mass is 35.5. The number of nitrogens with one attached hydrogen (secondary N) is 2. The van der Waals surface area contributed by atoms with Gasteiger partial charge in [-0.1, -0.05) is 41.9 Å². The van der Waals surface area contributed by atoms with E-state index in [0.717, 1.165) is 0 Å². The van der Waals surface area contributed by atoms with Crippen LogP contribution in [0, 0.1) is 6.92 Å². The van der Waals surface area contributed by atoms with Crippen LogP contribution < -0.4 is 10.0 Å². The van der Waals surface area contributed by atoms with Gasteiger partial charge in [-0.3, -0.25) is 14.8 Å². The minimum Gasteiger partial charge on any atom is -0.441 e. The van der Waals surface area contributed by atoms with Gasteiger partial charge in [-0.25, -0.2) is 4.79 Å². The molecule has 0 aliphatic rings. The second-order valence-corrected chi connectivity index (χ2v) is 8.79. The average Bonchev–Trinajstić information content (AvgIpc) is 3.13. The molecule has 2 N–H and O–H groups in total. The first-order valence-electron chi connectivity index (χ1n) is 10.1. The summed E-state index contributed by atoms with van der Waals surface area (Å²) in [6.07, 6.45) is -1.42. The molecule has 12 heteroatoms. The summed E-state index contributed by atoms with van der Waals surface area (Å²) in [7, 11) is -4.30. The van der Waals surface area contributed by atoms with Crippen LogP contribution in [0.2, 0.25) is 5.02 Å². The van der Waals surface area contributed by atoms with Gasteiger partial charge in [0.2, 0.25) is 0 Å². The number of rotatable bonds is 8. The number of amides is 1. The summed E-state index contributed by atoms with van der Waals surface area (Å²) < 4.78 is 41.0.